The molecule has 2 aromatic carbocycles. The molecular formula is C20H23FN4O4S. The number of carbonyl (C=O) groups excluding carboxylic acids is 2. The van der Waals surface area contributed by atoms with Gasteiger partial charge in [-0.25, -0.2) is 12.8 Å². The van der Waals surface area contributed by atoms with Crippen molar-refractivity contribution in [3.05, 3.63) is 59.9 Å². The quantitative estimate of drug-likeness (QED) is 0.711. The van der Waals surface area contributed by atoms with Gasteiger partial charge < -0.3 is 11.1 Å². The zero-order valence-corrected chi connectivity index (χ0v) is 17.1. The van der Waals surface area contributed by atoms with Crippen LogP contribution in [0.15, 0.2) is 53.4 Å². The molecule has 0 bridgehead atoms. The average Bonchev–Trinajstić information content (AvgIpc) is 2.94. The molecule has 0 radical (unpaired) electrons. The van der Waals surface area contributed by atoms with Gasteiger partial charge in [-0.2, -0.15) is 4.31 Å². The Kier molecular flexibility index (Phi) is 6.80. The molecule has 30 heavy (non-hydrogen) atoms. The van der Waals surface area contributed by atoms with Crippen molar-refractivity contribution >= 4 is 27.5 Å². The fraction of sp³-hybridized carbons (Fsp3) is 0.300. The lowest BCUT2D eigenvalue weighted by atomic mass is 10.1. The smallest absolute Gasteiger partial charge is 0.250 e. The van der Waals surface area contributed by atoms with Crippen LogP contribution in [0.3, 0.4) is 0 Å². The van der Waals surface area contributed by atoms with Crippen LogP contribution in [0.25, 0.3) is 0 Å². The molecule has 0 aliphatic carbocycles. The van der Waals surface area contributed by atoms with E-state index in [0.717, 1.165) is 12.1 Å². The van der Waals surface area contributed by atoms with E-state index in [0.29, 0.717) is 31.7 Å². The second-order valence-corrected chi connectivity index (χ2v) is 8.88. The van der Waals surface area contributed by atoms with E-state index >= 15 is 0 Å². The largest absolute Gasteiger partial charge is 0.366 e. The first-order valence-corrected chi connectivity index (χ1v) is 10.9. The van der Waals surface area contributed by atoms with Gasteiger partial charge in [0.1, 0.15) is 5.82 Å². The summed E-state index contributed by atoms with van der Waals surface area (Å²) < 4.78 is 40.0. The molecule has 2 aromatic rings. The first-order chi connectivity index (χ1) is 14.3. The number of nitrogens with one attached hydrogen (secondary N) is 1. The molecule has 3 rings (SSSR count). The molecule has 1 saturated heterocycles. The number of nitrogens with two attached hydrogens (primary N) is 1. The van der Waals surface area contributed by atoms with E-state index in [9.17, 15) is 22.4 Å². The first kappa shape index (κ1) is 21.9. The van der Waals surface area contributed by atoms with Crippen LogP contribution in [-0.2, 0) is 14.8 Å². The van der Waals surface area contributed by atoms with E-state index in [2.05, 4.69) is 5.32 Å². The molecule has 0 aromatic heterocycles. The van der Waals surface area contributed by atoms with Gasteiger partial charge in [-0.1, -0.05) is 12.1 Å². The molecule has 1 aliphatic rings. The molecule has 0 atom stereocenters. The van der Waals surface area contributed by atoms with Gasteiger partial charge in [0.05, 0.1) is 22.7 Å². The van der Waals surface area contributed by atoms with E-state index in [-0.39, 0.29) is 29.5 Å². The number of rotatable bonds is 6. The summed E-state index contributed by atoms with van der Waals surface area (Å²) in [6, 6.07) is 11.2. The van der Waals surface area contributed by atoms with Crippen LogP contribution in [-0.4, -0.2) is 62.2 Å². The van der Waals surface area contributed by atoms with Gasteiger partial charge in [-0.15, -0.1) is 0 Å². The summed E-state index contributed by atoms with van der Waals surface area (Å²) in [6.07, 6.45) is 0.547. The Morgan fingerprint density at radius 3 is 2.40 bits per heavy atom. The number of anilines is 1. The highest BCUT2D eigenvalue weighted by Crippen LogP contribution is 2.18. The number of para-hydroxylation sites is 1. The molecule has 1 heterocycles. The SMILES string of the molecule is NC(=O)c1ccccc1NC(=O)CN1CCCN(S(=O)(=O)c2ccc(F)cc2)CC1. The molecule has 8 nitrogen and oxygen atoms in total. The van der Waals surface area contributed by atoms with Crippen LogP contribution in [0.4, 0.5) is 10.1 Å². The van der Waals surface area contributed by atoms with Gasteiger partial charge in [0, 0.05) is 19.6 Å². The summed E-state index contributed by atoms with van der Waals surface area (Å²) >= 11 is 0. The summed E-state index contributed by atoms with van der Waals surface area (Å²) in [5.41, 5.74) is 5.88. The van der Waals surface area contributed by atoms with Gasteiger partial charge in [-0.05, 0) is 49.4 Å². The Labute approximate surface area is 174 Å². The third-order valence-electron chi connectivity index (χ3n) is 4.83. The zero-order chi connectivity index (χ0) is 21.7. The van der Waals surface area contributed by atoms with Crippen LogP contribution in [0.2, 0.25) is 0 Å². The van der Waals surface area contributed by atoms with Gasteiger partial charge in [0.15, 0.2) is 0 Å². The van der Waals surface area contributed by atoms with Crippen LogP contribution in [0, 0.1) is 5.82 Å². The maximum atomic E-state index is 13.1. The van der Waals surface area contributed by atoms with Crippen LogP contribution >= 0.6 is 0 Å². The minimum absolute atomic E-state index is 0.0400. The topological polar surface area (TPSA) is 113 Å². The molecule has 1 fully saturated rings. The van der Waals surface area contributed by atoms with Crippen LogP contribution < -0.4 is 11.1 Å². The fourth-order valence-corrected chi connectivity index (χ4v) is 4.77. The lowest BCUT2D eigenvalue weighted by molar-refractivity contribution is -0.117. The molecule has 2 amide bonds. The predicted molar refractivity (Wildman–Crippen MR) is 110 cm³/mol. The van der Waals surface area contributed by atoms with E-state index in [1.165, 1.54) is 22.5 Å². The van der Waals surface area contributed by atoms with Crippen molar-refractivity contribution in [1.29, 1.82) is 0 Å². The standard InChI is InChI=1S/C20H23FN4O4S/c21-15-6-8-16(9-7-15)30(28,29)25-11-3-10-24(12-13-25)14-19(26)23-18-5-2-1-4-17(18)20(22)27/h1-2,4-9H,3,10-14H2,(H2,22,27)(H,23,26). The molecule has 3 N–H and O–H groups in total. The Hall–Kier alpha value is -2.82. The summed E-state index contributed by atoms with van der Waals surface area (Å²) in [5, 5.41) is 2.68. The number of benzene rings is 2. The molecule has 1 aliphatic heterocycles. The van der Waals surface area contributed by atoms with Crippen molar-refractivity contribution in [3.8, 4) is 0 Å². The minimum Gasteiger partial charge on any atom is -0.366 e. The molecule has 0 spiro atoms. The Morgan fingerprint density at radius 2 is 1.70 bits per heavy atom. The van der Waals surface area contributed by atoms with E-state index in [1.54, 1.807) is 18.2 Å². The Morgan fingerprint density at radius 1 is 1.00 bits per heavy atom. The summed E-state index contributed by atoms with van der Waals surface area (Å²) in [4.78, 5) is 25.8. The number of nitrogens with zero attached hydrogens (tertiary/aromatic N) is 2. The van der Waals surface area contributed by atoms with Crippen molar-refractivity contribution in [2.24, 2.45) is 5.73 Å². The van der Waals surface area contributed by atoms with Gasteiger partial charge >= 0.3 is 0 Å². The lowest BCUT2D eigenvalue weighted by Crippen LogP contribution is -2.38. The van der Waals surface area contributed by atoms with Crippen LogP contribution in [0.5, 0.6) is 0 Å². The van der Waals surface area contributed by atoms with Gasteiger partial charge in [0.25, 0.3) is 5.91 Å². The lowest BCUT2D eigenvalue weighted by Gasteiger charge is -2.21. The van der Waals surface area contributed by atoms with Crippen molar-refractivity contribution < 1.29 is 22.4 Å². The summed E-state index contributed by atoms with van der Waals surface area (Å²) in [7, 11) is -3.73. The molecule has 10 heteroatoms. The van der Waals surface area contributed by atoms with Gasteiger partial charge in [-0.3, -0.25) is 14.5 Å². The van der Waals surface area contributed by atoms with Crippen molar-refractivity contribution in [2.45, 2.75) is 11.3 Å². The monoisotopic (exact) mass is 434 g/mol. The number of sulfonamides is 1. The fourth-order valence-electron chi connectivity index (χ4n) is 3.30. The molecule has 160 valence electrons. The first-order valence-electron chi connectivity index (χ1n) is 9.44. The third kappa shape index (κ3) is 5.21. The van der Waals surface area contributed by atoms with Crippen LogP contribution in [0.1, 0.15) is 16.8 Å². The predicted octanol–water partition coefficient (Wildman–Crippen LogP) is 1.26. The van der Waals surface area contributed by atoms with E-state index in [4.69, 9.17) is 5.73 Å². The second kappa shape index (κ2) is 9.33. The summed E-state index contributed by atoms with van der Waals surface area (Å²) in [5.74, 6) is -1.46. The second-order valence-electron chi connectivity index (χ2n) is 6.95. The van der Waals surface area contributed by atoms with E-state index < -0.39 is 21.7 Å². The highest BCUT2D eigenvalue weighted by Gasteiger charge is 2.27. The average molecular weight is 434 g/mol. The maximum Gasteiger partial charge on any atom is 0.250 e. The highest BCUT2D eigenvalue weighted by molar-refractivity contribution is 7.89. The maximum absolute atomic E-state index is 13.1. The molecule has 0 unspecified atom stereocenters. The van der Waals surface area contributed by atoms with Crippen molar-refractivity contribution in [1.82, 2.24) is 9.21 Å². The minimum atomic E-state index is -3.73. The molecular weight excluding hydrogens is 411 g/mol. The highest BCUT2D eigenvalue weighted by atomic mass is 32.2. The van der Waals surface area contributed by atoms with E-state index in [1.807, 2.05) is 4.90 Å². The number of carbonyl (C=O) groups is 2. The number of hydrogen-bond donors (Lipinski definition) is 2. The number of hydrogen-bond acceptors (Lipinski definition) is 5. The molecule has 0 saturated carbocycles. The number of primary amides is 1. The zero-order valence-electron chi connectivity index (χ0n) is 16.3. The van der Waals surface area contributed by atoms with Crippen molar-refractivity contribution in [3.63, 3.8) is 0 Å². The normalized spacial score (nSPS) is 16.0. The van der Waals surface area contributed by atoms with Gasteiger partial charge in [0.2, 0.25) is 15.9 Å². The number of amides is 2. The third-order valence-corrected chi connectivity index (χ3v) is 6.75. The Balaban J connectivity index is 1.61. The summed E-state index contributed by atoms with van der Waals surface area (Å²) in [6.45, 7) is 1.48. The van der Waals surface area contributed by atoms with Crippen molar-refractivity contribution in [2.75, 3.05) is 38.0 Å². The Bertz CT molecular complexity index is 1030. The number of halogens is 1.